The first-order valence-electron chi connectivity index (χ1n) is 14.9. The number of aryl methyl sites for hydroxylation is 1. The standard InChI is InChI=1S/C35H35N7O3/c1-23-20-38-32(31(23)33-37-14-12-30(40-33)26-5-4-13-36-21-26)24-8-10-28(11-9-24)39-34(43)25-6-7-27(29(19-25)35(44)45-3)22-42-17-15-41(2)16-18-42/h4-14,19-21,38H,15-18,22H2,1-3H3,(H,39,43). The molecule has 0 atom stereocenters. The van der Waals surface area contributed by atoms with Gasteiger partial charge in [0.1, 0.15) is 0 Å². The van der Waals surface area contributed by atoms with Gasteiger partial charge in [0.2, 0.25) is 0 Å². The van der Waals surface area contributed by atoms with Gasteiger partial charge in [-0.1, -0.05) is 18.2 Å². The van der Waals surface area contributed by atoms with Gasteiger partial charge in [0.15, 0.2) is 5.82 Å². The van der Waals surface area contributed by atoms with Crippen LogP contribution in [0.4, 0.5) is 5.69 Å². The van der Waals surface area contributed by atoms with Crippen molar-refractivity contribution in [1.82, 2.24) is 29.7 Å². The van der Waals surface area contributed by atoms with Crippen molar-refractivity contribution < 1.29 is 14.3 Å². The smallest absolute Gasteiger partial charge is 0.338 e. The minimum atomic E-state index is -0.454. The van der Waals surface area contributed by atoms with Crippen LogP contribution in [0.1, 0.15) is 31.8 Å². The number of aromatic nitrogens is 4. The third kappa shape index (κ3) is 6.67. The normalized spacial score (nSPS) is 13.8. The lowest BCUT2D eigenvalue weighted by molar-refractivity contribution is 0.0597. The van der Waals surface area contributed by atoms with Crippen molar-refractivity contribution in [2.24, 2.45) is 0 Å². The fourth-order valence-electron chi connectivity index (χ4n) is 5.52. The molecule has 4 heterocycles. The van der Waals surface area contributed by atoms with E-state index in [1.54, 1.807) is 30.7 Å². The summed E-state index contributed by atoms with van der Waals surface area (Å²) in [6, 6.07) is 18.5. The van der Waals surface area contributed by atoms with Gasteiger partial charge in [0.05, 0.1) is 24.1 Å². The van der Waals surface area contributed by atoms with E-state index in [9.17, 15) is 9.59 Å². The fraction of sp³-hybridized carbons (Fsp3) is 0.229. The summed E-state index contributed by atoms with van der Waals surface area (Å²) in [6.45, 7) is 6.44. The van der Waals surface area contributed by atoms with Crippen molar-refractivity contribution in [3.8, 4) is 33.9 Å². The number of pyridine rings is 1. The number of esters is 1. The predicted octanol–water partition coefficient (Wildman–Crippen LogP) is 5.30. The van der Waals surface area contributed by atoms with E-state index in [1.165, 1.54) is 7.11 Å². The molecule has 1 aliphatic rings. The number of hydrogen-bond donors (Lipinski definition) is 2. The van der Waals surface area contributed by atoms with Gasteiger partial charge >= 0.3 is 5.97 Å². The Labute approximate surface area is 262 Å². The molecule has 2 aromatic carbocycles. The number of piperazine rings is 1. The number of carbonyl (C=O) groups is 2. The van der Waals surface area contributed by atoms with Crippen LogP contribution in [0, 0.1) is 6.92 Å². The summed E-state index contributed by atoms with van der Waals surface area (Å²) in [5.41, 5.74) is 7.70. The van der Waals surface area contributed by atoms with E-state index in [2.05, 4.69) is 37.1 Å². The zero-order valence-electron chi connectivity index (χ0n) is 25.6. The fourth-order valence-corrected chi connectivity index (χ4v) is 5.52. The maximum absolute atomic E-state index is 13.3. The number of aromatic amines is 1. The number of methoxy groups -OCH3 is 1. The van der Waals surface area contributed by atoms with Crippen molar-refractivity contribution in [2.75, 3.05) is 45.7 Å². The number of carbonyl (C=O) groups excluding carboxylic acids is 2. The lowest BCUT2D eigenvalue weighted by Crippen LogP contribution is -2.44. The second-order valence-electron chi connectivity index (χ2n) is 11.2. The highest BCUT2D eigenvalue weighted by Crippen LogP contribution is 2.33. The van der Waals surface area contributed by atoms with Crippen LogP contribution in [0.3, 0.4) is 0 Å². The lowest BCUT2D eigenvalue weighted by Gasteiger charge is -2.32. The summed E-state index contributed by atoms with van der Waals surface area (Å²) in [7, 11) is 3.47. The summed E-state index contributed by atoms with van der Waals surface area (Å²) in [5.74, 6) is -0.152. The second kappa shape index (κ2) is 13.2. The molecule has 10 nitrogen and oxygen atoms in total. The molecule has 1 saturated heterocycles. The van der Waals surface area contributed by atoms with Crippen LogP contribution >= 0.6 is 0 Å². The Morgan fingerprint density at radius 2 is 1.78 bits per heavy atom. The number of benzene rings is 2. The first-order valence-corrected chi connectivity index (χ1v) is 14.9. The number of rotatable bonds is 8. The highest BCUT2D eigenvalue weighted by molar-refractivity contribution is 6.06. The lowest BCUT2D eigenvalue weighted by atomic mass is 10.0. The van der Waals surface area contributed by atoms with E-state index >= 15 is 0 Å². The van der Waals surface area contributed by atoms with Gasteiger partial charge in [0, 0.05) is 79.9 Å². The van der Waals surface area contributed by atoms with Gasteiger partial charge in [-0.25, -0.2) is 14.8 Å². The van der Waals surface area contributed by atoms with Gasteiger partial charge in [-0.05, 0) is 73.1 Å². The minimum absolute atomic E-state index is 0.309. The van der Waals surface area contributed by atoms with Crippen molar-refractivity contribution in [2.45, 2.75) is 13.5 Å². The second-order valence-corrected chi connectivity index (χ2v) is 11.2. The zero-order valence-corrected chi connectivity index (χ0v) is 25.6. The number of hydrogen-bond acceptors (Lipinski definition) is 8. The molecule has 0 unspecified atom stereocenters. The Morgan fingerprint density at radius 1 is 0.978 bits per heavy atom. The average molecular weight is 602 g/mol. The number of amides is 1. The zero-order chi connectivity index (χ0) is 31.3. The molecule has 0 aliphatic carbocycles. The Bertz CT molecular complexity index is 1810. The maximum Gasteiger partial charge on any atom is 0.338 e. The van der Waals surface area contributed by atoms with Crippen molar-refractivity contribution in [3.05, 3.63) is 108 Å². The quantitative estimate of drug-likeness (QED) is 0.230. The van der Waals surface area contributed by atoms with Gasteiger partial charge < -0.3 is 19.9 Å². The molecule has 3 aromatic heterocycles. The Kier molecular flexibility index (Phi) is 8.77. The SMILES string of the molecule is COC(=O)c1cc(C(=O)Nc2ccc(-c3[nH]cc(C)c3-c3nccc(-c4cccnc4)n3)cc2)ccc1CN1CCN(C)CC1. The molecule has 45 heavy (non-hydrogen) atoms. The van der Waals surface area contributed by atoms with Crippen molar-refractivity contribution >= 4 is 17.6 Å². The monoisotopic (exact) mass is 601 g/mol. The van der Waals surface area contributed by atoms with Crippen LogP contribution in [0.15, 0.2) is 85.5 Å². The van der Waals surface area contributed by atoms with Crippen LogP contribution < -0.4 is 5.32 Å². The molecule has 228 valence electrons. The molecule has 1 amide bonds. The Hall–Kier alpha value is -5.19. The number of nitrogens with zero attached hydrogens (tertiary/aromatic N) is 5. The van der Waals surface area contributed by atoms with Gasteiger partial charge in [0.25, 0.3) is 5.91 Å². The number of anilines is 1. The van der Waals surface area contributed by atoms with E-state index < -0.39 is 5.97 Å². The summed E-state index contributed by atoms with van der Waals surface area (Å²) < 4.78 is 5.05. The van der Waals surface area contributed by atoms with Crippen LogP contribution in [0.25, 0.3) is 33.9 Å². The van der Waals surface area contributed by atoms with Gasteiger partial charge in [-0.15, -0.1) is 0 Å². The van der Waals surface area contributed by atoms with Gasteiger partial charge in [-0.3, -0.25) is 14.7 Å². The summed E-state index contributed by atoms with van der Waals surface area (Å²) in [6.07, 6.45) is 7.21. The van der Waals surface area contributed by atoms with Crippen LogP contribution in [-0.4, -0.2) is 81.9 Å². The van der Waals surface area contributed by atoms with Gasteiger partial charge in [-0.2, -0.15) is 0 Å². The van der Waals surface area contributed by atoms with Crippen molar-refractivity contribution in [1.29, 1.82) is 0 Å². The highest BCUT2D eigenvalue weighted by Gasteiger charge is 2.21. The van der Waals surface area contributed by atoms with Crippen molar-refractivity contribution in [3.63, 3.8) is 0 Å². The predicted molar refractivity (Wildman–Crippen MR) is 174 cm³/mol. The molecule has 2 N–H and O–H groups in total. The molecule has 6 rings (SSSR count). The molecule has 0 saturated carbocycles. The van der Waals surface area contributed by atoms with E-state index in [-0.39, 0.29) is 5.91 Å². The summed E-state index contributed by atoms with van der Waals surface area (Å²) in [5, 5.41) is 2.96. The number of H-pyrrole nitrogens is 1. The average Bonchev–Trinajstić information content (AvgIpc) is 3.47. The molecule has 0 bridgehead atoms. The number of nitrogens with one attached hydrogen (secondary N) is 2. The first kappa shape index (κ1) is 29.9. The Morgan fingerprint density at radius 3 is 2.51 bits per heavy atom. The Balaban J connectivity index is 1.19. The molecule has 1 fully saturated rings. The van der Waals surface area contributed by atoms with Crippen LogP contribution in [-0.2, 0) is 11.3 Å². The molecular weight excluding hydrogens is 566 g/mol. The largest absolute Gasteiger partial charge is 0.465 e. The first-order chi connectivity index (χ1) is 21.9. The minimum Gasteiger partial charge on any atom is -0.465 e. The molecule has 5 aromatic rings. The summed E-state index contributed by atoms with van der Waals surface area (Å²) in [4.78, 5) is 47.5. The van der Waals surface area contributed by atoms with E-state index in [1.807, 2.05) is 61.7 Å². The highest BCUT2D eigenvalue weighted by atomic mass is 16.5. The molecular formula is C35H35N7O3. The molecule has 0 radical (unpaired) electrons. The molecule has 1 aliphatic heterocycles. The van der Waals surface area contributed by atoms with E-state index in [0.717, 1.165) is 65.4 Å². The molecule has 10 heteroatoms. The number of likely N-dealkylation sites (N-methyl/N-ethyl adjacent to an activating group) is 1. The topological polar surface area (TPSA) is 116 Å². The number of ether oxygens (including phenoxy) is 1. The van der Waals surface area contributed by atoms with Crippen LogP contribution in [0.5, 0.6) is 0 Å². The third-order valence-electron chi connectivity index (χ3n) is 8.11. The molecule has 0 spiro atoms. The third-order valence-corrected chi connectivity index (χ3v) is 8.11. The maximum atomic E-state index is 13.3. The van der Waals surface area contributed by atoms with E-state index in [4.69, 9.17) is 9.72 Å². The summed E-state index contributed by atoms with van der Waals surface area (Å²) >= 11 is 0. The van der Waals surface area contributed by atoms with E-state index in [0.29, 0.717) is 29.2 Å². The van der Waals surface area contributed by atoms with Crippen LogP contribution in [0.2, 0.25) is 0 Å².